The third-order valence-corrected chi connectivity index (χ3v) is 2.49. The van der Waals surface area contributed by atoms with Crippen molar-refractivity contribution in [2.24, 2.45) is 5.73 Å². The molecular weight excluding hydrogens is 164 g/mol. The predicted molar refractivity (Wildman–Crippen MR) is 50.2 cm³/mol. The van der Waals surface area contributed by atoms with Crippen molar-refractivity contribution in [2.75, 3.05) is 0 Å². The number of carbonyl (C=O) groups excluding carboxylic acids is 1. The van der Waals surface area contributed by atoms with Gasteiger partial charge in [0.2, 0.25) is 5.91 Å². The highest BCUT2D eigenvalue weighted by Gasteiger charge is 2.22. The number of carbonyl (C=O) groups is 1. The van der Waals surface area contributed by atoms with Gasteiger partial charge in [0.1, 0.15) is 0 Å². The molecule has 0 fully saturated rings. The Kier molecular flexibility index (Phi) is 1.81. The Labute approximate surface area is 76.9 Å². The van der Waals surface area contributed by atoms with Crippen LogP contribution in [0.5, 0.6) is 0 Å². The molecule has 0 saturated heterocycles. The van der Waals surface area contributed by atoms with Crippen LogP contribution in [0.15, 0.2) is 18.2 Å². The van der Waals surface area contributed by atoms with Gasteiger partial charge < -0.3 is 11.1 Å². The van der Waals surface area contributed by atoms with E-state index in [0.29, 0.717) is 5.56 Å². The first-order valence-electron chi connectivity index (χ1n) is 4.35. The number of hydrogen-bond acceptors (Lipinski definition) is 2. The number of amides is 1. The zero-order valence-corrected chi connectivity index (χ0v) is 7.50. The number of rotatable bonds is 1. The highest BCUT2D eigenvalue weighted by Crippen LogP contribution is 2.27. The van der Waals surface area contributed by atoms with Crippen molar-refractivity contribution in [3.63, 3.8) is 0 Å². The lowest BCUT2D eigenvalue weighted by molar-refractivity contribution is 0.0999. The van der Waals surface area contributed by atoms with Crippen LogP contribution in [0.3, 0.4) is 0 Å². The Morgan fingerprint density at radius 3 is 3.08 bits per heavy atom. The van der Waals surface area contributed by atoms with E-state index >= 15 is 0 Å². The molecule has 1 aliphatic heterocycles. The summed E-state index contributed by atoms with van der Waals surface area (Å²) in [5.41, 5.74) is 8.18. The number of nitrogens with two attached hydrogens (primary N) is 1. The SMILES string of the molecule is C[C@H]1NCc2cccc(C(N)=O)c21. The van der Waals surface area contributed by atoms with Crippen molar-refractivity contribution in [2.45, 2.75) is 19.5 Å². The van der Waals surface area contributed by atoms with Gasteiger partial charge in [0, 0.05) is 18.2 Å². The number of fused-ring (bicyclic) bond motifs is 1. The number of nitrogens with one attached hydrogen (secondary N) is 1. The van der Waals surface area contributed by atoms with Gasteiger partial charge in [-0.05, 0) is 24.1 Å². The molecule has 0 radical (unpaired) electrons. The van der Waals surface area contributed by atoms with Gasteiger partial charge in [-0.1, -0.05) is 12.1 Å². The minimum Gasteiger partial charge on any atom is -0.366 e. The molecule has 3 nitrogen and oxygen atoms in total. The highest BCUT2D eigenvalue weighted by molar-refractivity contribution is 5.95. The summed E-state index contributed by atoms with van der Waals surface area (Å²) in [4.78, 5) is 11.1. The molecular formula is C10H12N2O. The third-order valence-electron chi connectivity index (χ3n) is 2.49. The lowest BCUT2D eigenvalue weighted by Gasteiger charge is -2.08. The van der Waals surface area contributed by atoms with Crippen molar-refractivity contribution >= 4 is 5.91 Å². The maximum Gasteiger partial charge on any atom is 0.249 e. The summed E-state index contributed by atoms with van der Waals surface area (Å²) in [7, 11) is 0. The van der Waals surface area contributed by atoms with Gasteiger partial charge in [-0.3, -0.25) is 4.79 Å². The number of benzene rings is 1. The fourth-order valence-corrected chi connectivity index (χ4v) is 1.86. The van der Waals surface area contributed by atoms with Crippen LogP contribution in [0.25, 0.3) is 0 Å². The molecule has 1 heterocycles. The third kappa shape index (κ3) is 1.21. The molecule has 1 aliphatic rings. The van der Waals surface area contributed by atoms with Crippen LogP contribution in [-0.4, -0.2) is 5.91 Å². The molecule has 3 heteroatoms. The van der Waals surface area contributed by atoms with E-state index in [1.54, 1.807) is 6.07 Å². The molecule has 68 valence electrons. The van der Waals surface area contributed by atoms with Gasteiger partial charge in [0.15, 0.2) is 0 Å². The summed E-state index contributed by atoms with van der Waals surface area (Å²) >= 11 is 0. The van der Waals surface area contributed by atoms with Gasteiger partial charge >= 0.3 is 0 Å². The van der Waals surface area contributed by atoms with E-state index in [1.807, 2.05) is 19.1 Å². The zero-order valence-electron chi connectivity index (χ0n) is 7.50. The van der Waals surface area contributed by atoms with Gasteiger partial charge in [0.05, 0.1) is 0 Å². The summed E-state index contributed by atoms with van der Waals surface area (Å²) in [5, 5.41) is 3.27. The minimum atomic E-state index is -0.340. The lowest BCUT2D eigenvalue weighted by atomic mass is 9.99. The van der Waals surface area contributed by atoms with E-state index in [0.717, 1.165) is 12.1 Å². The fraction of sp³-hybridized carbons (Fsp3) is 0.300. The fourth-order valence-electron chi connectivity index (χ4n) is 1.86. The molecule has 3 N–H and O–H groups in total. The van der Waals surface area contributed by atoms with Crippen LogP contribution in [0.1, 0.15) is 34.5 Å². The van der Waals surface area contributed by atoms with Crippen LogP contribution in [0, 0.1) is 0 Å². The van der Waals surface area contributed by atoms with Crippen molar-refractivity contribution in [1.82, 2.24) is 5.32 Å². The summed E-state index contributed by atoms with van der Waals surface area (Å²) in [6, 6.07) is 5.92. The Bertz CT molecular complexity index is 360. The first-order valence-corrected chi connectivity index (χ1v) is 4.35. The summed E-state index contributed by atoms with van der Waals surface area (Å²) in [5.74, 6) is -0.340. The lowest BCUT2D eigenvalue weighted by Crippen LogP contribution is -2.16. The van der Waals surface area contributed by atoms with Crippen molar-refractivity contribution in [1.29, 1.82) is 0 Å². The molecule has 13 heavy (non-hydrogen) atoms. The molecule has 0 saturated carbocycles. The van der Waals surface area contributed by atoms with E-state index in [-0.39, 0.29) is 11.9 Å². The van der Waals surface area contributed by atoms with E-state index in [9.17, 15) is 4.79 Å². The maximum absolute atomic E-state index is 11.1. The van der Waals surface area contributed by atoms with Crippen LogP contribution in [0.4, 0.5) is 0 Å². The topological polar surface area (TPSA) is 55.1 Å². The van der Waals surface area contributed by atoms with Crippen molar-refractivity contribution in [3.8, 4) is 0 Å². The summed E-state index contributed by atoms with van der Waals surface area (Å²) in [6.45, 7) is 2.87. The second kappa shape index (κ2) is 2.85. The first kappa shape index (κ1) is 8.26. The van der Waals surface area contributed by atoms with Crippen molar-refractivity contribution < 1.29 is 4.79 Å². The van der Waals surface area contributed by atoms with E-state index in [1.165, 1.54) is 5.56 Å². The highest BCUT2D eigenvalue weighted by atomic mass is 16.1. The molecule has 1 atom stereocenters. The number of primary amides is 1. The largest absolute Gasteiger partial charge is 0.366 e. The zero-order chi connectivity index (χ0) is 9.42. The number of hydrogen-bond donors (Lipinski definition) is 2. The van der Waals surface area contributed by atoms with Crippen LogP contribution in [0.2, 0.25) is 0 Å². The predicted octanol–water partition coefficient (Wildman–Crippen LogP) is 0.950. The molecule has 1 amide bonds. The van der Waals surface area contributed by atoms with Crippen LogP contribution in [-0.2, 0) is 6.54 Å². The monoisotopic (exact) mass is 176 g/mol. The van der Waals surface area contributed by atoms with Crippen molar-refractivity contribution in [3.05, 3.63) is 34.9 Å². The smallest absolute Gasteiger partial charge is 0.249 e. The van der Waals surface area contributed by atoms with Gasteiger partial charge in [0.25, 0.3) is 0 Å². The average molecular weight is 176 g/mol. The Balaban J connectivity index is 2.60. The van der Waals surface area contributed by atoms with Gasteiger partial charge in [-0.25, -0.2) is 0 Å². The average Bonchev–Trinajstić information content (AvgIpc) is 2.48. The molecule has 2 rings (SSSR count). The molecule has 0 aromatic heterocycles. The Morgan fingerprint density at radius 2 is 2.38 bits per heavy atom. The van der Waals surface area contributed by atoms with E-state index < -0.39 is 0 Å². The van der Waals surface area contributed by atoms with Gasteiger partial charge in [-0.2, -0.15) is 0 Å². The van der Waals surface area contributed by atoms with Crippen LogP contribution < -0.4 is 11.1 Å². The van der Waals surface area contributed by atoms with E-state index in [2.05, 4.69) is 5.32 Å². The van der Waals surface area contributed by atoms with Gasteiger partial charge in [-0.15, -0.1) is 0 Å². The second-order valence-electron chi connectivity index (χ2n) is 3.35. The molecule has 0 aliphatic carbocycles. The molecule has 0 unspecified atom stereocenters. The standard InChI is InChI=1S/C10H12N2O/c1-6-9-7(5-12-6)3-2-4-8(9)10(11)13/h2-4,6,12H,5H2,1H3,(H2,11,13)/t6-/m1/s1. The normalized spacial score (nSPS) is 19.9. The minimum absolute atomic E-state index is 0.235. The molecule has 1 aromatic rings. The first-order chi connectivity index (χ1) is 6.20. The molecule has 0 bridgehead atoms. The van der Waals surface area contributed by atoms with E-state index in [4.69, 9.17) is 5.73 Å². The van der Waals surface area contributed by atoms with Crippen LogP contribution >= 0.6 is 0 Å². The summed E-state index contributed by atoms with van der Waals surface area (Å²) in [6.07, 6.45) is 0. The quantitative estimate of drug-likeness (QED) is 0.669. The maximum atomic E-state index is 11.1. The summed E-state index contributed by atoms with van der Waals surface area (Å²) < 4.78 is 0. The second-order valence-corrected chi connectivity index (χ2v) is 3.35. The Hall–Kier alpha value is -1.35. The Morgan fingerprint density at radius 1 is 1.62 bits per heavy atom. The molecule has 1 aromatic carbocycles. The molecule has 0 spiro atoms.